The quantitative estimate of drug-likeness (QED) is 0.700. The number of benzene rings is 1. The van der Waals surface area contributed by atoms with Gasteiger partial charge >= 0.3 is 0 Å². The SMILES string of the molecule is NC(=O)c1nccc(-c2ccc3nc[nH]c3c2)n1. The van der Waals surface area contributed by atoms with E-state index < -0.39 is 5.91 Å². The molecule has 0 atom stereocenters. The van der Waals surface area contributed by atoms with Gasteiger partial charge in [-0.25, -0.2) is 15.0 Å². The van der Waals surface area contributed by atoms with E-state index in [0.717, 1.165) is 16.6 Å². The lowest BCUT2D eigenvalue weighted by Gasteiger charge is -2.01. The molecule has 0 radical (unpaired) electrons. The maximum atomic E-state index is 11.0. The fraction of sp³-hybridized carbons (Fsp3) is 0. The zero-order valence-electron chi connectivity index (χ0n) is 9.29. The normalized spacial score (nSPS) is 10.7. The van der Waals surface area contributed by atoms with Crippen LogP contribution in [0.15, 0.2) is 36.8 Å². The molecule has 2 heterocycles. The summed E-state index contributed by atoms with van der Waals surface area (Å²) in [6.07, 6.45) is 3.14. The molecule has 0 aliphatic carbocycles. The number of H-pyrrole nitrogens is 1. The molecule has 6 heteroatoms. The minimum absolute atomic E-state index is 0.0113. The second-order valence-corrected chi connectivity index (χ2v) is 3.76. The summed E-state index contributed by atoms with van der Waals surface area (Å²) < 4.78 is 0. The number of hydrogen-bond donors (Lipinski definition) is 2. The number of carbonyl (C=O) groups is 1. The second-order valence-electron chi connectivity index (χ2n) is 3.76. The smallest absolute Gasteiger partial charge is 0.286 e. The van der Waals surface area contributed by atoms with Crippen molar-refractivity contribution in [2.24, 2.45) is 5.73 Å². The predicted molar refractivity (Wildman–Crippen MR) is 65.6 cm³/mol. The number of aromatic amines is 1. The van der Waals surface area contributed by atoms with Crippen LogP contribution in [0.5, 0.6) is 0 Å². The first kappa shape index (κ1) is 10.4. The van der Waals surface area contributed by atoms with E-state index in [4.69, 9.17) is 5.73 Å². The lowest BCUT2D eigenvalue weighted by molar-refractivity contribution is 0.0990. The maximum Gasteiger partial charge on any atom is 0.286 e. The van der Waals surface area contributed by atoms with Gasteiger partial charge in [0, 0.05) is 11.8 Å². The molecule has 3 rings (SSSR count). The van der Waals surface area contributed by atoms with Gasteiger partial charge in [0.25, 0.3) is 5.91 Å². The number of fused-ring (bicyclic) bond motifs is 1. The van der Waals surface area contributed by atoms with Gasteiger partial charge in [-0.3, -0.25) is 4.79 Å². The fourth-order valence-electron chi connectivity index (χ4n) is 1.73. The van der Waals surface area contributed by atoms with E-state index in [-0.39, 0.29) is 5.82 Å². The highest BCUT2D eigenvalue weighted by Crippen LogP contribution is 2.20. The Bertz CT molecular complexity index is 734. The summed E-state index contributed by atoms with van der Waals surface area (Å²) in [7, 11) is 0. The Labute approximate surface area is 102 Å². The molecule has 0 aliphatic heterocycles. The van der Waals surface area contributed by atoms with Crippen molar-refractivity contribution in [3.63, 3.8) is 0 Å². The van der Waals surface area contributed by atoms with Crippen LogP contribution in [-0.4, -0.2) is 25.8 Å². The van der Waals surface area contributed by atoms with Gasteiger partial charge in [-0.1, -0.05) is 6.07 Å². The van der Waals surface area contributed by atoms with Crippen LogP contribution in [-0.2, 0) is 0 Å². The summed E-state index contributed by atoms with van der Waals surface area (Å²) in [5, 5.41) is 0. The number of amides is 1. The molecule has 1 aromatic carbocycles. The Kier molecular flexibility index (Phi) is 2.26. The maximum absolute atomic E-state index is 11.0. The molecule has 1 amide bonds. The van der Waals surface area contributed by atoms with Crippen LogP contribution in [0.3, 0.4) is 0 Å². The van der Waals surface area contributed by atoms with E-state index in [1.54, 1.807) is 12.4 Å². The van der Waals surface area contributed by atoms with Crippen molar-refractivity contribution >= 4 is 16.9 Å². The number of imidazole rings is 1. The topological polar surface area (TPSA) is 97.5 Å². The van der Waals surface area contributed by atoms with E-state index >= 15 is 0 Å². The summed E-state index contributed by atoms with van der Waals surface area (Å²) in [4.78, 5) is 26.1. The molecule has 0 fully saturated rings. The van der Waals surface area contributed by atoms with Crippen LogP contribution < -0.4 is 5.73 Å². The molecule has 18 heavy (non-hydrogen) atoms. The van der Waals surface area contributed by atoms with Crippen LogP contribution in [0.1, 0.15) is 10.6 Å². The van der Waals surface area contributed by atoms with E-state index in [0.29, 0.717) is 5.69 Å². The summed E-state index contributed by atoms with van der Waals surface area (Å²) in [5.41, 5.74) is 8.46. The zero-order chi connectivity index (χ0) is 12.5. The van der Waals surface area contributed by atoms with Crippen molar-refractivity contribution in [3.05, 3.63) is 42.6 Å². The average Bonchev–Trinajstić information content (AvgIpc) is 2.86. The summed E-state index contributed by atoms with van der Waals surface area (Å²) in [6, 6.07) is 7.41. The first-order chi connectivity index (χ1) is 8.74. The Balaban J connectivity index is 2.13. The molecule has 88 valence electrons. The van der Waals surface area contributed by atoms with Crippen LogP contribution >= 0.6 is 0 Å². The van der Waals surface area contributed by atoms with Gasteiger partial charge in [0.1, 0.15) is 0 Å². The zero-order valence-corrected chi connectivity index (χ0v) is 9.29. The average molecular weight is 239 g/mol. The van der Waals surface area contributed by atoms with Gasteiger partial charge in [-0.05, 0) is 18.2 Å². The Morgan fingerprint density at radius 2 is 2.11 bits per heavy atom. The molecule has 6 nitrogen and oxygen atoms in total. The third kappa shape index (κ3) is 1.69. The van der Waals surface area contributed by atoms with Crippen LogP contribution in [0, 0.1) is 0 Å². The molecule has 0 aliphatic rings. The number of primary amides is 1. The fourth-order valence-corrected chi connectivity index (χ4v) is 1.73. The van der Waals surface area contributed by atoms with Crippen LogP contribution in [0.2, 0.25) is 0 Å². The van der Waals surface area contributed by atoms with Gasteiger partial charge in [0.15, 0.2) is 0 Å². The standard InChI is InChI=1S/C12H9N5O/c13-11(18)12-14-4-3-8(17-12)7-1-2-9-10(5-7)16-6-15-9/h1-6H,(H2,13,18)(H,15,16). The number of aromatic nitrogens is 4. The van der Waals surface area contributed by atoms with Crippen molar-refractivity contribution < 1.29 is 4.79 Å². The lowest BCUT2D eigenvalue weighted by Crippen LogP contribution is -2.15. The molecule has 2 aromatic heterocycles. The lowest BCUT2D eigenvalue weighted by atomic mass is 10.1. The molecule has 0 saturated heterocycles. The first-order valence-corrected chi connectivity index (χ1v) is 5.30. The molecule has 0 saturated carbocycles. The van der Waals surface area contributed by atoms with Crippen molar-refractivity contribution in [2.75, 3.05) is 0 Å². The Hall–Kier alpha value is -2.76. The Morgan fingerprint density at radius 1 is 1.22 bits per heavy atom. The predicted octanol–water partition coefficient (Wildman–Crippen LogP) is 1.12. The van der Waals surface area contributed by atoms with Crippen molar-refractivity contribution in [1.29, 1.82) is 0 Å². The molecular weight excluding hydrogens is 230 g/mol. The minimum atomic E-state index is -0.639. The highest BCUT2D eigenvalue weighted by atomic mass is 16.1. The van der Waals surface area contributed by atoms with Gasteiger partial charge < -0.3 is 10.7 Å². The number of hydrogen-bond acceptors (Lipinski definition) is 4. The van der Waals surface area contributed by atoms with E-state index in [1.807, 2.05) is 18.2 Å². The van der Waals surface area contributed by atoms with Crippen molar-refractivity contribution in [3.8, 4) is 11.3 Å². The van der Waals surface area contributed by atoms with E-state index in [2.05, 4.69) is 19.9 Å². The number of carbonyl (C=O) groups excluding carboxylic acids is 1. The third-order valence-electron chi connectivity index (χ3n) is 2.59. The molecule has 3 aromatic rings. The van der Waals surface area contributed by atoms with Crippen molar-refractivity contribution in [2.45, 2.75) is 0 Å². The summed E-state index contributed by atoms with van der Waals surface area (Å²) in [6.45, 7) is 0. The van der Waals surface area contributed by atoms with Gasteiger partial charge in [0.2, 0.25) is 5.82 Å². The molecule has 0 spiro atoms. The van der Waals surface area contributed by atoms with Gasteiger partial charge in [-0.15, -0.1) is 0 Å². The minimum Gasteiger partial charge on any atom is -0.363 e. The number of nitrogens with one attached hydrogen (secondary N) is 1. The van der Waals surface area contributed by atoms with Crippen LogP contribution in [0.25, 0.3) is 22.3 Å². The highest BCUT2D eigenvalue weighted by molar-refractivity contribution is 5.89. The largest absolute Gasteiger partial charge is 0.363 e. The van der Waals surface area contributed by atoms with Crippen molar-refractivity contribution in [1.82, 2.24) is 19.9 Å². The van der Waals surface area contributed by atoms with Gasteiger partial charge in [-0.2, -0.15) is 0 Å². The number of nitrogens with zero attached hydrogens (tertiary/aromatic N) is 3. The molecule has 0 bridgehead atoms. The highest BCUT2D eigenvalue weighted by Gasteiger charge is 2.07. The molecule has 0 unspecified atom stereocenters. The third-order valence-corrected chi connectivity index (χ3v) is 2.59. The number of rotatable bonds is 2. The Morgan fingerprint density at radius 3 is 2.94 bits per heavy atom. The molecular formula is C12H9N5O. The van der Waals surface area contributed by atoms with Crippen LogP contribution in [0.4, 0.5) is 0 Å². The monoisotopic (exact) mass is 239 g/mol. The van der Waals surface area contributed by atoms with Gasteiger partial charge in [0.05, 0.1) is 23.1 Å². The number of nitrogens with two attached hydrogens (primary N) is 1. The molecule has 3 N–H and O–H groups in total. The summed E-state index contributed by atoms with van der Waals surface area (Å²) >= 11 is 0. The summed E-state index contributed by atoms with van der Waals surface area (Å²) in [5.74, 6) is -0.628. The second kappa shape index (κ2) is 3.92. The van der Waals surface area contributed by atoms with E-state index in [1.165, 1.54) is 6.20 Å². The first-order valence-electron chi connectivity index (χ1n) is 5.30. The van der Waals surface area contributed by atoms with E-state index in [9.17, 15) is 4.79 Å².